The minimum atomic E-state index is -2.80. The zero-order chi connectivity index (χ0) is 13.8. The number of halogens is 2. The summed E-state index contributed by atoms with van der Waals surface area (Å²) in [5.74, 6) is -2.81. The number of aromatic nitrogens is 1. The Kier molecular flexibility index (Phi) is 4.58. The minimum absolute atomic E-state index is 0.0285. The Bertz CT molecular complexity index is 419. The number of carbonyl (C=O) groups is 1. The summed E-state index contributed by atoms with van der Waals surface area (Å²) in [4.78, 5) is 16.6. The summed E-state index contributed by atoms with van der Waals surface area (Å²) in [5, 5.41) is 0. The van der Waals surface area contributed by atoms with Gasteiger partial charge in [-0.2, -0.15) is 0 Å². The highest BCUT2D eigenvalue weighted by atomic mass is 19.3. The monoisotopic (exact) mass is 258 g/mol. The first-order valence-corrected chi connectivity index (χ1v) is 5.43. The molecule has 0 spiro atoms. The summed E-state index contributed by atoms with van der Waals surface area (Å²) in [7, 11) is 2.82. The molecule has 0 aromatic carbocycles. The third kappa shape index (κ3) is 4.65. The molecule has 0 saturated carbocycles. The van der Waals surface area contributed by atoms with Gasteiger partial charge in [-0.05, 0) is 12.1 Å². The first-order chi connectivity index (χ1) is 8.31. The summed E-state index contributed by atoms with van der Waals surface area (Å²) >= 11 is 0. The van der Waals surface area contributed by atoms with Gasteiger partial charge in [-0.1, -0.05) is 6.07 Å². The van der Waals surface area contributed by atoms with Crippen LogP contribution in [-0.4, -0.2) is 37.6 Å². The summed E-state index contributed by atoms with van der Waals surface area (Å²) in [6.07, 6.45) is 0.0285. The Morgan fingerprint density at radius 2 is 2.17 bits per heavy atom. The molecule has 0 unspecified atom stereocenters. The van der Waals surface area contributed by atoms with Gasteiger partial charge in [0.2, 0.25) is 0 Å². The normalized spacial score (nSPS) is 11.2. The molecule has 1 heterocycles. The SMILES string of the molecule is COC(=O)Cc1cccc(N(C)CC(C)(F)F)n1. The fourth-order valence-electron chi connectivity index (χ4n) is 1.50. The van der Waals surface area contributed by atoms with E-state index in [1.54, 1.807) is 18.2 Å². The molecule has 100 valence electrons. The summed E-state index contributed by atoms with van der Waals surface area (Å²) in [6, 6.07) is 4.94. The van der Waals surface area contributed by atoms with Crippen LogP contribution in [0.5, 0.6) is 0 Å². The third-order valence-electron chi connectivity index (χ3n) is 2.25. The topological polar surface area (TPSA) is 42.4 Å². The van der Waals surface area contributed by atoms with Gasteiger partial charge in [-0.15, -0.1) is 0 Å². The average Bonchev–Trinajstić information content (AvgIpc) is 2.27. The predicted molar refractivity (Wildman–Crippen MR) is 63.8 cm³/mol. The van der Waals surface area contributed by atoms with Crippen molar-refractivity contribution in [3.05, 3.63) is 23.9 Å². The van der Waals surface area contributed by atoms with E-state index in [0.717, 1.165) is 6.92 Å². The quantitative estimate of drug-likeness (QED) is 0.756. The Labute approximate surface area is 105 Å². The van der Waals surface area contributed by atoms with Crippen molar-refractivity contribution in [2.75, 3.05) is 25.6 Å². The van der Waals surface area contributed by atoms with Crippen molar-refractivity contribution < 1.29 is 18.3 Å². The summed E-state index contributed by atoms with van der Waals surface area (Å²) in [5.41, 5.74) is 0.491. The Balaban J connectivity index is 2.78. The molecule has 1 aromatic heterocycles. The van der Waals surface area contributed by atoms with E-state index in [1.165, 1.54) is 19.1 Å². The zero-order valence-electron chi connectivity index (χ0n) is 10.6. The van der Waals surface area contributed by atoms with Crippen LogP contribution in [0.25, 0.3) is 0 Å². The van der Waals surface area contributed by atoms with Gasteiger partial charge in [0, 0.05) is 14.0 Å². The molecule has 1 rings (SSSR count). The van der Waals surface area contributed by atoms with Gasteiger partial charge in [0.25, 0.3) is 5.92 Å². The van der Waals surface area contributed by atoms with Gasteiger partial charge < -0.3 is 9.64 Å². The highest BCUT2D eigenvalue weighted by Crippen LogP contribution is 2.17. The number of esters is 1. The lowest BCUT2D eigenvalue weighted by atomic mass is 10.2. The number of pyridine rings is 1. The predicted octanol–water partition coefficient (Wildman–Crippen LogP) is 1.89. The minimum Gasteiger partial charge on any atom is -0.469 e. The summed E-state index contributed by atoms with van der Waals surface area (Å²) in [6.45, 7) is 0.420. The molecule has 0 aliphatic rings. The van der Waals surface area contributed by atoms with Gasteiger partial charge in [0.15, 0.2) is 0 Å². The number of ether oxygens (including phenoxy) is 1. The van der Waals surface area contributed by atoms with Crippen molar-refractivity contribution in [3.8, 4) is 0 Å². The molecule has 1 aromatic rings. The maximum absolute atomic E-state index is 12.9. The van der Waals surface area contributed by atoms with Crippen molar-refractivity contribution in [1.29, 1.82) is 0 Å². The van der Waals surface area contributed by atoms with Crippen LogP contribution in [0.3, 0.4) is 0 Å². The number of rotatable bonds is 5. The van der Waals surface area contributed by atoms with Crippen LogP contribution in [0.15, 0.2) is 18.2 Å². The van der Waals surface area contributed by atoms with Gasteiger partial charge in [0.1, 0.15) is 5.82 Å². The molecule has 0 saturated heterocycles. The molecular weight excluding hydrogens is 242 g/mol. The molecule has 0 fully saturated rings. The molecule has 4 nitrogen and oxygen atoms in total. The number of carbonyl (C=O) groups excluding carboxylic acids is 1. The standard InChI is InChI=1S/C12H16F2N2O2/c1-12(13,14)8-16(2)10-6-4-5-9(15-10)7-11(17)18-3/h4-6H,7-8H2,1-3H3. The number of alkyl halides is 2. The van der Waals surface area contributed by atoms with Crippen molar-refractivity contribution in [2.24, 2.45) is 0 Å². The van der Waals surface area contributed by atoms with E-state index in [1.807, 2.05) is 0 Å². The van der Waals surface area contributed by atoms with E-state index in [-0.39, 0.29) is 6.42 Å². The van der Waals surface area contributed by atoms with Gasteiger partial charge in [0.05, 0.1) is 25.8 Å². The number of hydrogen-bond acceptors (Lipinski definition) is 4. The van der Waals surface area contributed by atoms with Crippen molar-refractivity contribution >= 4 is 11.8 Å². The Hall–Kier alpha value is -1.72. The first-order valence-electron chi connectivity index (χ1n) is 5.43. The maximum Gasteiger partial charge on any atom is 0.311 e. The second kappa shape index (κ2) is 5.75. The van der Waals surface area contributed by atoms with E-state index < -0.39 is 18.4 Å². The van der Waals surface area contributed by atoms with Crippen LogP contribution in [-0.2, 0) is 16.0 Å². The molecule has 6 heteroatoms. The van der Waals surface area contributed by atoms with Crippen LogP contribution in [0.4, 0.5) is 14.6 Å². The highest BCUT2D eigenvalue weighted by Gasteiger charge is 2.24. The van der Waals surface area contributed by atoms with Gasteiger partial charge >= 0.3 is 5.97 Å². The number of hydrogen-bond donors (Lipinski definition) is 0. The Morgan fingerprint density at radius 1 is 1.50 bits per heavy atom. The lowest BCUT2D eigenvalue weighted by Crippen LogP contribution is -2.32. The van der Waals surface area contributed by atoms with E-state index in [9.17, 15) is 13.6 Å². The molecule has 18 heavy (non-hydrogen) atoms. The van der Waals surface area contributed by atoms with E-state index in [2.05, 4.69) is 9.72 Å². The smallest absolute Gasteiger partial charge is 0.311 e. The molecule has 0 amide bonds. The number of nitrogens with zero attached hydrogens (tertiary/aromatic N) is 2. The molecule has 0 bridgehead atoms. The van der Waals surface area contributed by atoms with Crippen LogP contribution in [0, 0.1) is 0 Å². The van der Waals surface area contributed by atoms with Crippen LogP contribution < -0.4 is 4.90 Å². The lowest BCUT2D eigenvalue weighted by molar-refractivity contribution is -0.139. The number of anilines is 1. The average molecular weight is 258 g/mol. The molecular formula is C12H16F2N2O2. The largest absolute Gasteiger partial charge is 0.469 e. The Morgan fingerprint density at radius 3 is 2.72 bits per heavy atom. The van der Waals surface area contributed by atoms with Gasteiger partial charge in [-0.3, -0.25) is 4.79 Å². The van der Waals surface area contributed by atoms with Gasteiger partial charge in [-0.25, -0.2) is 13.8 Å². The van der Waals surface area contributed by atoms with Crippen LogP contribution >= 0.6 is 0 Å². The fraction of sp³-hybridized carbons (Fsp3) is 0.500. The maximum atomic E-state index is 12.9. The van der Waals surface area contributed by atoms with Crippen molar-refractivity contribution in [3.63, 3.8) is 0 Å². The van der Waals surface area contributed by atoms with Crippen LogP contribution in [0.2, 0.25) is 0 Å². The molecule has 0 aliphatic heterocycles. The second-order valence-electron chi connectivity index (χ2n) is 4.17. The molecule has 0 radical (unpaired) electrons. The molecule has 0 aliphatic carbocycles. The third-order valence-corrected chi connectivity index (χ3v) is 2.25. The van der Waals surface area contributed by atoms with E-state index in [4.69, 9.17) is 0 Å². The zero-order valence-corrected chi connectivity index (χ0v) is 10.6. The van der Waals surface area contributed by atoms with E-state index >= 15 is 0 Å². The highest BCUT2D eigenvalue weighted by molar-refractivity contribution is 5.71. The fourth-order valence-corrected chi connectivity index (χ4v) is 1.50. The van der Waals surface area contributed by atoms with Crippen molar-refractivity contribution in [1.82, 2.24) is 4.98 Å². The number of methoxy groups -OCH3 is 1. The first kappa shape index (κ1) is 14.3. The molecule has 0 atom stereocenters. The van der Waals surface area contributed by atoms with Crippen LogP contribution in [0.1, 0.15) is 12.6 Å². The lowest BCUT2D eigenvalue weighted by Gasteiger charge is -2.22. The molecule has 0 N–H and O–H groups in total. The van der Waals surface area contributed by atoms with E-state index in [0.29, 0.717) is 11.5 Å². The van der Waals surface area contributed by atoms with Crippen molar-refractivity contribution in [2.45, 2.75) is 19.3 Å². The summed E-state index contributed by atoms with van der Waals surface area (Å²) < 4.78 is 30.3. The second-order valence-corrected chi connectivity index (χ2v) is 4.17.